The van der Waals surface area contributed by atoms with Crippen molar-refractivity contribution >= 4 is 33.1 Å². The fraction of sp³-hybridized carbons (Fsp3) is 0.133. The van der Waals surface area contributed by atoms with Crippen LogP contribution in [-0.4, -0.2) is 4.37 Å². The van der Waals surface area contributed by atoms with Crippen LogP contribution in [0, 0.1) is 6.92 Å². The summed E-state index contributed by atoms with van der Waals surface area (Å²) in [6, 6.07) is 14.8. The molecule has 4 heteroatoms. The monoisotopic (exact) mass is 269 g/mol. The van der Waals surface area contributed by atoms with E-state index in [9.17, 15) is 0 Å². The first-order valence-corrected chi connectivity index (χ1v) is 6.95. The number of nitrogens with two attached hydrogens (primary N) is 1. The number of fused-ring (bicyclic) bond motifs is 1. The van der Waals surface area contributed by atoms with E-state index in [0.29, 0.717) is 5.82 Å². The number of nitrogens with one attached hydrogen (secondary N) is 1. The molecular weight excluding hydrogens is 254 g/mol. The fourth-order valence-electron chi connectivity index (χ4n) is 2.14. The Balaban J connectivity index is 1.88. The molecule has 0 atom stereocenters. The van der Waals surface area contributed by atoms with Crippen molar-refractivity contribution in [3.8, 4) is 0 Å². The summed E-state index contributed by atoms with van der Waals surface area (Å²) in [5.74, 6) is 0.616. The number of hydrogen-bond donors (Lipinski definition) is 2. The standard InChI is InChI=1S/C15H15N3S/c1-10-14(16)18-19-15(10)17-9-12-7-4-6-11-5-2-3-8-13(11)12/h2-8,17H,9H2,1H3,(H2,16,18). The second-order valence-electron chi connectivity index (χ2n) is 4.51. The molecule has 0 aliphatic rings. The lowest BCUT2D eigenvalue weighted by molar-refractivity contribution is 1.17. The minimum atomic E-state index is 0.616. The minimum Gasteiger partial charge on any atom is -0.383 e. The highest BCUT2D eigenvalue weighted by atomic mass is 32.1. The average Bonchev–Trinajstić information content (AvgIpc) is 2.76. The number of benzene rings is 2. The van der Waals surface area contributed by atoms with Gasteiger partial charge in [0.2, 0.25) is 0 Å². The zero-order valence-electron chi connectivity index (χ0n) is 10.7. The van der Waals surface area contributed by atoms with Gasteiger partial charge in [-0.2, -0.15) is 4.37 Å². The molecule has 0 aliphatic carbocycles. The van der Waals surface area contributed by atoms with Crippen LogP contribution in [0.4, 0.5) is 10.8 Å². The van der Waals surface area contributed by atoms with Crippen molar-refractivity contribution in [1.29, 1.82) is 0 Å². The van der Waals surface area contributed by atoms with E-state index in [4.69, 9.17) is 5.73 Å². The quantitative estimate of drug-likeness (QED) is 0.760. The van der Waals surface area contributed by atoms with Gasteiger partial charge in [-0.15, -0.1) is 0 Å². The first-order chi connectivity index (χ1) is 9.25. The van der Waals surface area contributed by atoms with E-state index in [2.05, 4.69) is 52.2 Å². The van der Waals surface area contributed by atoms with E-state index < -0.39 is 0 Å². The Hall–Kier alpha value is -2.07. The van der Waals surface area contributed by atoms with Gasteiger partial charge in [-0.1, -0.05) is 42.5 Å². The van der Waals surface area contributed by atoms with Crippen LogP contribution in [0.3, 0.4) is 0 Å². The van der Waals surface area contributed by atoms with Gasteiger partial charge in [0, 0.05) is 12.1 Å². The van der Waals surface area contributed by atoms with E-state index in [0.717, 1.165) is 17.1 Å². The predicted molar refractivity (Wildman–Crippen MR) is 82.5 cm³/mol. The number of rotatable bonds is 3. The fourth-order valence-corrected chi connectivity index (χ4v) is 2.84. The van der Waals surface area contributed by atoms with Gasteiger partial charge in [-0.05, 0) is 34.8 Å². The molecule has 0 aliphatic heterocycles. The third kappa shape index (κ3) is 2.27. The first kappa shape index (κ1) is 12.0. The van der Waals surface area contributed by atoms with Crippen LogP contribution in [0.1, 0.15) is 11.1 Å². The highest BCUT2D eigenvalue weighted by Crippen LogP contribution is 2.27. The van der Waals surface area contributed by atoms with E-state index in [1.807, 2.05) is 6.92 Å². The maximum Gasteiger partial charge on any atom is 0.142 e. The third-order valence-electron chi connectivity index (χ3n) is 3.28. The molecule has 3 rings (SSSR count). The molecule has 19 heavy (non-hydrogen) atoms. The van der Waals surface area contributed by atoms with Gasteiger partial charge in [-0.3, -0.25) is 0 Å². The molecule has 1 aromatic heterocycles. The number of nitrogen functional groups attached to an aromatic ring is 1. The molecule has 0 saturated carbocycles. The van der Waals surface area contributed by atoms with Gasteiger partial charge < -0.3 is 11.1 Å². The van der Waals surface area contributed by atoms with Gasteiger partial charge >= 0.3 is 0 Å². The summed E-state index contributed by atoms with van der Waals surface area (Å²) in [7, 11) is 0. The van der Waals surface area contributed by atoms with Crippen molar-refractivity contribution in [1.82, 2.24) is 4.37 Å². The SMILES string of the molecule is Cc1c(N)nsc1NCc1cccc2ccccc12. The van der Waals surface area contributed by atoms with Gasteiger partial charge in [0.05, 0.1) is 0 Å². The molecule has 0 amide bonds. The van der Waals surface area contributed by atoms with Crippen LogP contribution in [-0.2, 0) is 6.54 Å². The Labute approximate surface area is 116 Å². The van der Waals surface area contributed by atoms with Gasteiger partial charge in [-0.25, -0.2) is 0 Å². The summed E-state index contributed by atoms with van der Waals surface area (Å²) < 4.78 is 4.15. The first-order valence-electron chi connectivity index (χ1n) is 6.18. The Kier molecular flexibility index (Phi) is 3.09. The maximum atomic E-state index is 5.76. The Morgan fingerprint density at radius 2 is 1.95 bits per heavy atom. The summed E-state index contributed by atoms with van der Waals surface area (Å²) in [6.45, 7) is 2.77. The van der Waals surface area contributed by atoms with Gasteiger partial charge in [0.15, 0.2) is 0 Å². The van der Waals surface area contributed by atoms with Crippen LogP contribution in [0.25, 0.3) is 10.8 Å². The molecule has 1 heterocycles. The normalized spacial score (nSPS) is 10.8. The Bertz CT molecular complexity index is 713. The van der Waals surface area contributed by atoms with Crippen LogP contribution >= 0.6 is 11.5 Å². The van der Waals surface area contributed by atoms with Crippen molar-refractivity contribution < 1.29 is 0 Å². The van der Waals surface area contributed by atoms with Crippen LogP contribution < -0.4 is 11.1 Å². The van der Waals surface area contributed by atoms with Crippen molar-refractivity contribution in [3.05, 3.63) is 53.6 Å². The zero-order valence-corrected chi connectivity index (χ0v) is 11.5. The van der Waals surface area contributed by atoms with Crippen LogP contribution in [0.5, 0.6) is 0 Å². The lowest BCUT2D eigenvalue weighted by Crippen LogP contribution is -2.00. The average molecular weight is 269 g/mol. The molecule has 3 aromatic rings. The Morgan fingerprint density at radius 3 is 2.74 bits per heavy atom. The minimum absolute atomic E-state index is 0.616. The van der Waals surface area contributed by atoms with Crippen molar-refractivity contribution in [2.24, 2.45) is 0 Å². The summed E-state index contributed by atoms with van der Waals surface area (Å²) in [5, 5.41) is 7.02. The highest BCUT2D eigenvalue weighted by molar-refractivity contribution is 7.10. The van der Waals surface area contributed by atoms with Crippen molar-refractivity contribution in [2.45, 2.75) is 13.5 Å². The molecule has 0 fully saturated rings. The van der Waals surface area contributed by atoms with Crippen LogP contribution in [0.15, 0.2) is 42.5 Å². The van der Waals surface area contributed by atoms with Gasteiger partial charge in [0.25, 0.3) is 0 Å². The molecule has 0 radical (unpaired) electrons. The molecule has 3 nitrogen and oxygen atoms in total. The molecule has 3 N–H and O–H groups in total. The Morgan fingerprint density at radius 1 is 1.16 bits per heavy atom. The molecule has 0 saturated heterocycles. The zero-order chi connectivity index (χ0) is 13.2. The molecule has 2 aromatic carbocycles. The summed E-state index contributed by atoms with van der Waals surface area (Å²) in [4.78, 5) is 0. The molecule has 0 spiro atoms. The number of anilines is 2. The molecule has 0 bridgehead atoms. The third-order valence-corrected chi connectivity index (χ3v) is 4.20. The van der Waals surface area contributed by atoms with E-state index in [-0.39, 0.29) is 0 Å². The lowest BCUT2D eigenvalue weighted by Gasteiger charge is -2.08. The maximum absolute atomic E-state index is 5.76. The molecule has 0 unspecified atom stereocenters. The van der Waals surface area contributed by atoms with Crippen molar-refractivity contribution in [3.63, 3.8) is 0 Å². The number of hydrogen-bond acceptors (Lipinski definition) is 4. The van der Waals surface area contributed by atoms with E-state index >= 15 is 0 Å². The van der Waals surface area contributed by atoms with E-state index in [1.54, 1.807) is 0 Å². The van der Waals surface area contributed by atoms with Crippen molar-refractivity contribution in [2.75, 3.05) is 11.1 Å². The molecular formula is C15H15N3S. The lowest BCUT2D eigenvalue weighted by atomic mass is 10.0. The topological polar surface area (TPSA) is 50.9 Å². The second kappa shape index (κ2) is 4.90. The molecule has 96 valence electrons. The summed E-state index contributed by atoms with van der Waals surface area (Å²) >= 11 is 1.41. The van der Waals surface area contributed by atoms with Gasteiger partial charge in [0.1, 0.15) is 10.8 Å². The summed E-state index contributed by atoms with van der Waals surface area (Å²) in [6.07, 6.45) is 0. The predicted octanol–water partition coefficient (Wildman–Crippen LogP) is 3.80. The summed E-state index contributed by atoms with van der Waals surface area (Å²) in [5.41, 5.74) is 8.07. The largest absolute Gasteiger partial charge is 0.383 e. The highest BCUT2D eigenvalue weighted by Gasteiger charge is 2.06. The second-order valence-corrected chi connectivity index (χ2v) is 5.29. The smallest absolute Gasteiger partial charge is 0.142 e. The van der Waals surface area contributed by atoms with Crippen LogP contribution in [0.2, 0.25) is 0 Å². The number of nitrogens with zero attached hydrogens (tertiary/aromatic N) is 1. The van der Waals surface area contributed by atoms with E-state index in [1.165, 1.54) is 27.9 Å². The number of aromatic nitrogens is 1.